The van der Waals surface area contributed by atoms with E-state index in [2.05, 4.69) is 12.2 Å². The normalized spacial score (nSPS) is 23.4. The maximum atomic E-state index is 12.3. The lowest BCUT2D eigenvalue weighted by Gasteiger charge is -2.41. The molecular formula is C16H28N2O3. The monoisotopic (exact) mass is 296 g/mol. The standard InChI is InChI=1S/C16H28N2O3/c1-6-8-13-10-14(20)18(11-13)15(17-12(3)19)16(4,21-5)9-7-2/h6,8,13,15H,7,9-11H2,1-5H3,(H,17,19)/b8-6-. The van der Waals surface area contributed by atoms with Crippen LogP contribution in [0.25, 0.3) is 0 Å². The van der Waals surface area contributed by atoms with E-state index in [1.54, 1.807) is 12.0 Å². The number of hydrogen-bond donors (Lipinski definition) is 1. The smallest absolute Gasteiger partial charge is 0.224 e. The Hall–Kier alpha value is -1.36. The number of nitrogens with zero attached hydrogens (tertiary/aromatic N) is 1. The molecule has 1 rings (SSSR count). The van der Waals surface area contributed by atoms with Crippen molar-refractivity contribution in [3.8, 4) is 0 Å². The third-order valence-corrected chi connectivity index (χ3v) is 4.10. The summed E-state index contributed by atoms with van der Waals surface area (Å²) in [5.74, 6) is 0.124. The zero-order valence-corrected chi connectivity index (χ0v) is 13.8. The number of nitrogens with one attached hydrogen (secondary N) is 1. The van der Waals surface area contributed by atoms with Crippen LogP contribution in [0.15, 0.2) is 12.2 Å². The fourth-order valence-corrected chi connectivity index (χ4v) is 3.01. The van der Waals surface area contributed by atoms with Crippen LogP contribution in [0.4, 0.5) is 0 Å². The minimum atomic E-state index is -0.582. The van der Waals surface area contributed by atoms with E-state index in [-0.39, 0.29) is 17.7 Å². The van der Waals surface area contributed by atoms with E-state index in [0.717, 1.165) is 12.8 Å². The maximum Gasteiger partial charge on any atom is 0.224 e. The average molecular weight is 296 g/mol. The van der Waals surface area contributed by atoms with Crippen LogP contribution in [0.5, 0.6) is 0 Å². The summed E-state index contributed by atoms with van der Waals surface area (Å²) in [5.41, 5.74) is -0.582. The Balaban J connectivity index is 3.02. The van der Waals surface area contributed by atoms with Gasteiger partial charge in [0.2, 0.25) is 11.8 Å². The molecule has 0 saturated carbocycles. The van der Waals surface area contributed by atoms with Crippen LogP contribution in [0.2, 0.25) is 0 Å². The van der Waals surface area contributed by atoms with Crippen LogP contribution in [0.3, 0.4) is 0 Å². The first-order valence-electron chi connectivity index (χ1n) is 7.62. The SMILES string of the molecule is C/C=C\C1CC(=O)N(C(NC(C)=O)C(C)(CCC)OC)C1. The van der Waals surface area contributed by atoms with Gasteiger partial charge in [-0.05, 0) is 20.3 Å². The first kappa shape index (κ1) is 17.7. The predicted octanol–water partition coefficient (Wildman–Crippen LogP) is 2.08. The van der Waals surface area contributed by atoms with E-state index in [4.69, 9.17) is 4.74 Å². The first-order chi connectivity index (χ1) is 9.87. The molecule has 0 bridgehead atoms. The molecule has 0 aliphatic carbocycles. The molecule has 0 aromatic carbocycles. The lowest BCUT2D eigenvalue weighted by Crippen LogP contribution is -2.61. The lowest BCUT2D eigenvalue weighted by molar-refractivity contribution is -0.144. The number of ether oxygens (including phenoxy) is 1. The molecule has 2 amide bonds. The summed E-state index contributed by atoms with van der Waals surface area (Å²) in [4.78, 5) is 25.7. The lowest BCUT2D eigenvalue weighted by atomic mass is 9.95. The molecule has 3 atom stereocenters. The number of amides is 2. The van der Waals surface area contributed by atoms with E-state index >= 15 is 0 Å². The van der Waals surface area contributed by atoms with E-state index in [1.807, 2.05) is 26.0 Å². The zero-order chi connectivity index (χ0) is 16.0. The first-order valence-corrected chi connectivity index (χ1v) is 7.62. The quantitative estimate of drug-likeness (QED) is 0.732. The van der Waals surface area contributed by atoms with Crippen LogP contribution in [0, 0.1) is 5.92 Å². The Morgan fingerprint density at radius 1 is 1.62 bits per heavy atom. The van der Waals surface area contributed by atoms with Crippen molar-refractivity contribution in [2.75, 3.05) is 13.7 Å². The summed E-state index contributed by atoms with van der Waals surface area (Å²) >= 11 is 0. The molecule has 0 aromatic heterocycles. The summed E-state index contributed by atoms with van der Waals surface area (Å²) in [7, 11) is 1.63. The van der Waals surface area contributed by atoms with Gasteiger partial charge in [-0.25, -0.2) is 0 Å². The largest absolute Gasteiger partial charge is 0.374 e. The fraction of sp³-hybridized carbons (Fsp3) is 0.750. The summed E-state index contributed by atoms with van der Waals surface area (Å²) in [6.07, 6.45) is 5.77. The Kier molecular flexibility index (Phi) is 6.40. The number of rotatable bonds is 7. The minimum Gasteiger partial charge on any atom is -0.374 e. The second kappa shape index (κ2) is 7.59. The van der Waals surface area contributed by atoms with Crippen LogP contribution >= 0.6 is 0 Å². The molecule has 1 fully saturated rings. The second-order valence-electron chi connectivity index (χ2n) is 5.91. The molecule has 1 saturated heterocycles. The summed E-state index contributed by atoms with van der Waals surface area (Å²) < 4.78 is 5.67. The summed E-state index contributed by atoms with van der Waals surface area (Å²) in [6.45, 7) is 8.06. The van der Waals surface area contributed by atoms with Crippen LogP contribution < -0.4 is 5.32 Å². The van der Waals surface area contributed by atoms with Crippen LogP contribution in [-0.4, -0.2) is 42.1 Å². The number of carbonyl (C=O) groups is 2. The zero-order valence-electron chi connectivity index (χ0n) is 13.8. The molecule has 1 heterocycles. The van der Waals surface area contributed by atoms with Crippen molar-refractivity contribution < 1.29 is 14.3 Å². The highest BCUT2D eigenvalue weighted by Crippen LogP contribution is 2.29. The Labute approximate surface area is 127 Å². The van der Waals surface area contributed by atoms with Crippen molar-refractivity contribution in [2.45, 2.75) is 58.7 Å². The van der Waals surface area contributed by atoms with Gasteiger partial charge in [0.1, 0.15) is 11.8 Å². The van der Waals surface area contributed by atoms with Crippen molar-refractivity contribution in [2.24, 2.45) is 5.92 Å². The Morgan fingerprint density at radius 2 is 2.29 bits per heavy atom. The molecule has 0 aromatic rings. The molecular weight excluding hydrogens is 268 g/mol. The maximum absolute atomic E-state index is 12.3. The van der Waals surface area contributed by atoms with Gasteiger partial charge in [-0.2, -0.15) is 0 Å². The average Bonchev–Trinajstić information content (AvgIpc) is 2.77. The van der Waals surface area contributed by atoms with Gasteiger partial charge in [-0.1, -0.05) is 25.5 Å². The van der Waals surface area contributed by atoms with Gasteiger partial charge in [-0.15, -0.1) is 0 Å². The highest BCUT2D eigenvalue weighted by molar-refractivity contribution is 5.80. The number of hydrogen-bond acceptors (Lipinski definition) is 3. The Bertz CT molecular complexity index is 408. The molecule has 3 unspecified atom stereocenters. The molecule has 120 valence electrons. The number of likely N-dealkylation sites (tertiary alicyclic amines) is 1. The topological polar surface area (TPSA) is 58.6 Å². The number of allylic oxidation sites excluding steroid dienone is 1. The third kappa shape index (κ3) is 4.30. The molecule has 0 radical (unpaired) electrons. The van der Waals surface area contributed by atoms with Crippen molar-refractivity contribution in [1.82, 2.24) is 10.2 Å². The van der Waals surface area contributed by atoms with Gasteiger partial charge < -0.3 is 15.0 Å². The summed E-state index contributed by atoms with van der Waals surface area (Å²) in [6, 6.07) is 0. The Morgan fingerprint density at radius 3 is 2.76 bits per heavy atom. The van der Waals surface area contributed by atoms with E-state index in [0.29, 0.717) is 13.0 Å². The predicted molar refractivity (Wildman–Crippen MR) is 82.6 cm³/mol. The molecule has 1 aliphatic heterocycles. The number of carbonyl (C=O) groups excluding carboxylic acids is 2. The van der Waals surface area contributed by atoms with E-state index in [9.17, 15) is 9.59 Å². The van der Waals surface area contributed by atoms with Crippen LogP contribution in [-0.2, 0) is 14.3 Å². The van der Waals surface area contributed by atoms with Crippen LogP contribution in [0.1, 0.15) is 47.0 Å². The van der Waals surface area contributed by atoms with E-state index < -0.39 is 11.8 Å². The molecule has 0 spiro atoms. The highest BCUT2D eigenvalue weighted by atomic mass is 16.5. The van der Waals surface area contributed by atoms with Gasteiger partial charge in [-0.3, -0.25) is 9.59 Å². The van der Waals surface area contributed by atoms with Gasteiger partial charge in [0.25, 0.3) is 0 Å². The van der Waals surface area contributed by atoms with Crippen molar-refractivity contribution in [1.29, 1.82) is 0 Å². The molecule has 1 N–H and O–H groups in total. The van der Waals surface area contributed by atoms with Gasteiger partial charge >= 0.3 is 0 Å². The second-order valence-corrected chi connectivity index (χ2v) is 5.91. The molecule has 5 heteroatoms. The van der Waals surface area contributed by atoms with Crippen molar-refractivity contribution in [3.05, 3.63) is 12.2 Å². The number of methoxy groups -OCH3 is 1. The minimum absolute atomic E-state index is 0.0660. The van der Waals surface area contributed by atoms with Gasteiger partial charge in [0, 0.05) is 32.9 Å². The van der Waals surface area contributed by atoms with Crippen molar-refractivity contribution >= 4 is 11.8 Å². The highest BCUT2D eigenvalue weighted by Gasteiger charge is 2.43. The van der Waals surface area contributed by atoms with E-state index in [1.165, 1.54) is 6.92 Å². The molecule has 5 nitrogen and oxygen atoms in total. The van der Waals surface area contributed by atoms with Gasteiger partial charge in [0.05, 0.1) is 0 Å². The fourth-order valence-electron chi connectivity index (χ4n) is 3.01. The summed E-state index contributed by atoms with van der Waals surface area (Å²) in [5, 5.41) is 2.91. The molecule has 1 aliphatic rings. The van der Waals surface area contributed by atoms with Gasteiger partial charge in [0.15, 0.2) is 0 Å². The third-order valence-electron chi connectivity index (χ3n) is 4.10. The van der Waals surface area contributed by atoms with Crippen molar-refractivity contribution in [3.63, 3.8) is 0 Å². The molecule has 21 heavy (non-hydrogen) atoms.